The Morgan fingerprint density at radius 1 is 1.67 bits per heavy atom. The fourth-order valence-electron chi connectivity index (χ4n) is 0.666. The van der Waals surface area contributed by atoms with Crippen LogP contribution in [0.15, 0.2) is 11.0 Å². The summed E-state index contributed by atoms with van der Waals surface area (Å²) in [5, 5.41) is 0. The van der Waals surface area contributed by atoms with Crippen molar-refractivity contribution in [2.45, 2.75) is 0 Å². The van der Waals surface area contributed by atoms with E-state index in [1.807, 2.05) is 5.43 Å². The molecule has 0 atom stereocenters. The predicted molar refractivity (Wildman–Crippen MR) is 40.9 cm³/mol. The average Bonchev–Trinajstić information content (AvgIpc) is 2.03. The first-order valence-electron chi connectivity index (χ1n) is 3.01. The van der Waals surface area contributed by atoms with Crippen molar-refractivity contribution in [3.8, 4) is 0 Å². The molecule has 1 aromatic heterocycles. The zero-order valence-electron chi connectivity index (χ0n) is 6.00. The van der Waals surface area contributed by atoms with Gasteiger partial charge in [-0.15, -0.1) is 0 Å². The number of hydrazine groups is 1. The maximum Gasteiger partial charge on any atom is 0.346 e. The van der Waals surface area contributed by atoms with E-state index in [0.717, 1.165) is 6.20 Å². The number of hydrogen-bond donors (Lipinski definition) is 4. The van der Waals surface area contributed by atoms with Gasteiger partial charge in [0.15, 0.2) is 0 Å². The number of aromatic amines is 1. The normalized spacial score (nSPS) is 9.42. The highest BCUT2D eigenvalue weighted by atomic mass is 16.2. The summed E-state index contributed by atoms with van der Waals surface area (Å²) < 4.78 is 0. The zero-order valence-corrected chi connectivity index (χ0v) is 6.00. The molecule has 0 aromatic carbocycles. The Kier molecular flexibility index (Phi) is 2.06. The summed E-state index contributed by atoms with van der Waals surface area (Å²) in [6.45, 7) is 0. The van der Waals surface area contributed by atoms with Crippen LogP contribution in [-0.2, 0) is 0 Å². The second-order valence-electron chi connectivity index (χ2n) is 1.99. The van der Waals surface area contributed by atoms with Crippen molar-refractivity contribution in [1.29, 1.82) is 0 Å². The van der Waals surface area contributed by atoms with Crippen LogP contribution in [0, 0.1) is 0 Å². The number of hydrogen-bond acceptors (Lipinski definition) is 5. The van der Waals surface area contributed by atoms with Crippen LogP contribution in [0.2, 0.25) is 0 Å². The molecule has 12 heavy (non-hydrogen) atoms. The first-order valence-corrected chi connectivity index (χ1v) is 3.01. The Morgan fingerprint density at radius 2 is 2.33 bits per heavy atom. The minimum atomic E-state index is -0.610. The van der Waals surface area contributed by atoms with Gasteiger partial charge in [-0.3, -0.25) is 15.2 Å². The van der Waals surface area contributed by atoms with Crippen LogP contribution in [-0.4, -0.2) is 15.9 Å². The van der Waals surface area contributed by atoms with Crippen LogP contribution in [0.25, 0.3) is 0 Å². The largest absolute Gasteiger partial charge is 0.384 e. The molecule has 0 unspecified atom stereocenters. The lowest BCUT2D eigenvalue weighted by Crippen LogP contribution is -2.32. The van der Waals surface area contributed by atoms with Crippen molar-refractivity contribution < 1.29 is 4.79 Å². The first kappa shape index (κ1) is 8.21. The Balaban J connectivity index is 3.18. The number of anilines is 1. The molecular formula is C5H7N5O2. The molecule has 0 aliphatic carbocycles. The van der Waals surface area contributed by atoms with E-state index in [9.17, 15) is 9.59 Å². The molecule has 1 rings (SSSR count). The smallest absolute Gasteiger partial charge is 0.346 e. The van der Waals surface area contributed by atoms with E-state index in [4.69, 9.17) is 11.6 Å². The van der Waals surface area contributed by atoms with E-state index in [2.05, 4.69) is 9.97 Å². The number of carbonyl (C=O) groups excluding carboxylic acids is 1. The maximum absolute atomic E-state index is 10.9. The quantitative estimate of drug-likeness (QED) is 0.219. The molecule has 1 heterocycles. The number of aromatic nitrogens is 2. The highest BCUT2D eigenvalue weighted by molar-refractivity contribution is 5.97. The maximum atomic E-state index is 10.9. The molecular weight excluding hydrogens is 162 g/mol. The number of nitrogens with zero attached hydrogens (tertiary/aromatic N) is 1. The summed E-state index contributed by atoms with van der Waals surface area (Å²) in [6.07, 6.45) is 1.05. The highest BCUT2D eigenvalue weighted by Gasteiger charge is 2.08. The molecule has 6 N–H and O–H groups in total. The lowest BCUT2D eigenvalue weighted by atomic mass is 10.3. The summed E-state index contributed by atoms with van der Waals surface area (Å²) in [4.78, 5) is 26.9. The number of nitrogens with two attached hydrogens (primary N) is 2. The average molecular weight is 169 g/mol. The summed E-state index contributed by atoms with van der Waals surface area (Å²) in [6, 6.07) is 0. The van der Waals surface area contributed by atoms with E-state index in [1.54, 1.807) is 0 Å². The third kappa shape index (κ3) is 1.40. The van der Waals surface area contributed by atoms with Gasteiger partial charge in [-0.25, -0.2) is 15.6 Å². The Labute approximate surface area is 66.8 Å². The van der Waals surface area contributed by atoms with Gasteiger partial charge in [0.25, 0.3) is 5.91 Å². The topological polar surface area (TPSA) is 127 Å². The lowest BCUT2D eigenvalue weighted by molar-refractivity contribution is 0.0954. The molecule has 1 aromatic rings. The van der Waals surface area contributed by atoms with Crippen LogP contribution in [0.4, 0.5) is 5.82 Å². The number of H-pyrrole nitrogens is 1. The molecule has 0 aliphatic rings. The van der Waals surface area contributed by atoms with E-state index >= 15 is 0 Å². The van der Waals surface area contributed by atoms with Gasteiger partial charge in [0, 0.05) is 6.20 Å². The third-order valence-corrected chi connectivity index (χ3v) is 1.22. The van der Waals surface area contributed by atoms with Gasteiger partial charge in [0.05, 0.1) is 5.56 Å². The predicted octanol–water partition coefficient (Wildman–Crippen LogP) is -2.04. The molecule has 0 aliphatic heterocycles. The highest BCUT2D eigenvalue weighted by Crippen LogP contribution is 2.01. The van der Waals surface area contributed by atoms with Gasteiger partial charge in [-0.1, -0.05) is 0 Å². The Hall–Kier alpha value is -1.89. The van der Waals surface area contributed by atoms with E-state index in [-0.39, 0.29) is 11.4 Å². The molecule has 1 amide bonds. The van der Waals surface area contributed by atoms with Crippen LogP contribution in [0.5, 0.6) is 0 Å². The van der Waals surface area contributed by atoms with Crippen molar-refractivity contribution in [2.75, 3.05) is 5.73 Å². The second kappa shape index (κ2) is 3.01. The van der Waals surface area contributed by atoms with Crippen molar-refractivity contribution in [1.82, 2.24) is 15.4 Å². The van der Waals surface area contributed by atoms with E-state index < -0.39 is 11.6 Å². The van der Waals surface area contributed by atoms with Crippen LogP contribution in [0.3, 0.4) is 0 Å². The summed E-state index contributed by atoms with van der Waals surface area (Å²) in [5.74, 6) is 4.18. The molecule has 0 bridgehead atoms. The van der Waals surface area contributed by atoms with Gasteiger partial charge in [-0.2, -0.15) is 0 Å². The minimum Gasteiger partial charge on any atom is -0.384 e. The zero-order chi connectivity index (χ0) is 9.14. The van der Waals surface area contributed by atoms with Crippen molar-refractivity contribution >= 4 is 11.7 Å². The Morgan fingerprint density at radius 3 is 2.83 bits per heavy atom. The van der Waals surface area contributed by atoms with Gasteiger partial charge in [-0.05, 0) is 0 Å². The van der Waals surface area contributed by atoms with Crippen molar-refractivity contribution in [2.24, 2.45) is 5.84 Å². The van der Waals surface area contributed by atoms with Crippen molar-refractivity contribution in [3.63, 3.8) is 0 Å². The molecule has 0 radical (unpaired) electrons. The SMILES string of the molecule is NNC(=O)c1cnc(=O)[nH]c1N. The molecule has 7 nitrogen and oxygen atoms in total. The number of rotatable bonds is 1. The van der Waals surface area contributed by atoms with Crippen molar-refractivity contribution in [3.05, 3.63) is 22.2 Å². The summed E-state index contributed by atoms with van der Waals surface area (Å²) in [7, 11) is 0. The summed E-state index contributed by atoms with van der Waals surface area (Å²) >= 11 is 0. The monoisotopic (exact) mass is 169 g/mol. The fraction of sp³-hybridized carbons (Fsp3) is 0. The lowest BCUT2D eigenvalue weighted by Gasteiger charge is -2.00. The molecule has 0 saturated heterocycles. The van der Waals surface area contributed by atoms with Crippen LogP contribution in [0.1, 0.15) is 10.4 Å². The molecule has 64 valence electrons. The first-order chi connectivity index (χ1) is 5.65. The standard InChI is InChI=1S/C5H7N5O2/c6-3-2(4(11)10-7)1-8-5(12)9-3/h1H,7H2,(H,10,11)(H3,6,8,9,12). The fourth-order valence-corrected chi connectivity index (χ4v) is 0.666. The number of nitrogens with one attached hydrogen (secondary N) is 2. The number of carbonyl (C=O) groups is 1. The van der Waals surface area contributed by atoms with E-state index in [0.29, 0.717) is 0 Å². The molecule has 0 saturated carbocycles. The molecule has 7 heteroatoms. The number of amides is 1. The van der Waals surface area contributed by atoms with Gasteiger partial charge >= 0.3 is 5.69 Å². The molecule has 0 spiro atoms. The van der Waals surface area contributed by atoms with Gasteiger partial charge < -0.3 is 5.73 Å². The number of nitrogen functional groups attached to an aromatic ring is 2. The molecule has 0 fully saturated rings. The van der Waals surface area contributed by atoms with E-state index in [1.165, 1.54) is 0 Å². The minimum absolute atomic E-state index is 0.0390. The van der Waals surface area contributed by atoms with Gasteiger partial charge in [0.1, 0.15) is 5.82 Å². The van der Waals surface area contributed by atoms with Crippen LogP contribution < -0.4 is 22.7 Å². The second-order valence-corrected chi connectivity index (χ2v) is 1.99. The third-order valence-electron chi connectivity index (χ3n) is 1.22. The van der Waals surface area contributed by atoms with Crippen LogP contribution >= 0.6 is 0 Å². The summed E-state index contributed by atoms with van der Waals surface area (Å²) in [5.41, 5.74) is 6.58. The Bertz CT molecular complexity index is 357. The van der Waals surface area contributed by atoms with Gasteiger partial charge in [0.2, 0.25) is 0 Å².